The molecule has 0 spiro atoms. The molecule has 1 heterocycles. The van der Waals surface area contributed by atoms with Crippen molar-refractivity contribution in [2.75, 3.05) is 19.8 Å². The van der Waals surface area contributed by atoms with Crippen LogP contribution >= 0.6 is 11.6 Å². The van der Waals surface area contributed by atoms with Crippen molar-refractivity contribution in [3.63, 3.8) is 0 Å². The summed E-state index contributed by atoms with van der Waals surface area (Å²) in [5.41, 5.74) is 1.94. The minimum absolute atomic E-state index is 0.477. The summed E-state index contributed by atoms with van der Waals surface area (Å²) in [6, 6.07) is 3.80. The molecule has 1 aromatic rings. The Hall–Kier alpha value is -0.800. The fourth-order valence-corrected chi connectivity index (χ4v) is 1.36. The second-order valence-electron chi connectivity index (χ2n) is 3.13. The van der Waals surface area contributed by atoms with Crippen LogP contribution in [0.2, 0.25) is 0 Å². The standard InChI is InChI=1S/C11H16ClNO2/c1-3-14-4-5-15-11-7-10(8-12)6-9(2)13-11/h6-7H,3-5,8H2,1-2H3. The largest absolute Gasteiger partial charge is 0.475 e. The number of halogens is 1. The van der Waals surface area contributed by atoms with E-state index in [1.54, 1.807) is 0 Å². The summed E-state index contributed by atoms with van der Waals surface area (Å²) in [4.78, 5) is 4.24. The lowest BCUT2D eigenvalue weighted by Crippen LogP contribution is -2.07. The molecule has 0 aliphatic rings. The molecule has 1 aromatic heterocycles. The third-order valence-electron chi connectivity index (χ3n) is 1.83. The Kier molecular flexibility index (Phi) is 5.43. The minimum Gasteiger partial charge on any atom is -0.475 e. The quantitative estimate of drug-likeness (QED) is 0.555. The summed E-state index contributed by atoms with van der Waals surface area (Å²) in [6.07, 6.45) is 0. The summed E-state index contributed by atoms with van der Waals surface area (Å²) in [6.45, 7) is 5.69. The van der Waals surface area contributed by atoms with E-state index in [2.05, 4.69) is 4.98 Å². The van der Waals surface area contributed by atoms with E-state index in [1.807, 2.05) is 26.0 Å². The van der Waals surface area contributed by atoms with Crippen molar-refractivity contribution in [1.29, 1.82) is 0 Å². The van der Waals surface area contributed by atoms with Crippen LogP contribution in [0.1, 0.15) is 18.2 Å². The molecule has 0 N–H and O–H groups in total. The van der Waals surface area contributed by atoms with Gasteiger partial charge in [0.15, 0.2) is 0 Å². The van der Waals surface area contributed by atoms with E-state index in [0.29, 0.717) is 31.6 Å². The maximum absolute atomic E-state index is 5.75. The number of aryl methyl sites for hydroxylation is 1. The van der Waals surface area contributed by atoms with E-state index in [-0.39, 0.29) is 0 Å². The number of pyridine rings is 1. The van der Waals surface area contributed by atoms with Gasteiger partial charge in [-0.05, 0) is 25.5 Å². The van der Waals surface area contributed by atoms with Crippen molar-refractivity contribution >= 4 is 11.6 Å². The summed E-state index contributed by atoms with van der Waals surface area (Å²) in [5, 5.41) is 0. The molecule has 0 atom stereocenters. The Morgan fingerprint density at radius 2 is 2.13 bits per heavy atom. The Bertz CT molecular complexity index is 305. The van der Waals surface area contributed by atoms with Gasteiger partial charge < -0.3 is 9.47 Å². The van der Waals surface area contributed by atoms with Gasteiger partial charge >= 0.3 is 0 Å². The minimum atomic E-state index is 0.477. The van der Waals surface area contributed by atoms with Crippen LogP contribution in [0.15, 0.2) is 12.1 Å². The van der Waals surface area contributed by atoms with E-state index in [1.165, 1.54) is 0 Å². The molecule has 0 aliphatic heterocycles. The van der Waals surface area contributed by atoms with Gasteiger partial charge in [-0.15, -0.1) is 11.6 Å². The highest BCUT2D eigenvalue weighted by molar-refractivity contribution is 6.17. The summed E-state index contributed by atoms with van der Waals surface area (Å²) in [5.74, 6) is 1.09. The summed E-state index contributed by atoms with van der Waals surface area (Å²) in [7, 11) is 0. The number of aromatic nitrogens is 1. The Morgan fingerprint density at radius 1 is 1.33 bits per heavy atom. The van der Waals surface area contributed by atoms with Crippen LogP contribution < -0.4 is 4.74 Å². The molecule has 0 fully saturated rings. The van der Waals surface area contributed by atoms with E-state index < -0.39 is 0 Å². The zero-order valence-electron chi connectivity index (χ0n) is 9.12. The molecular formula is C11H16ClNO2. The molecule has 3 nitrogen and oxygen atoms in total. The number of rotatable bonds is 6. The maximum atomic E-state index is 5.75. The lowest BCUT2D eigenvalue weighted by atomic mass is 10.2. The smallest absolute Gasteiger partial charge is 0.213 e. The molecule has 0 saturated carbocycles. The molecule has 4 heteroatoms. The molecule has 0 unspecified atom stereocenters. The molecule has 84 valence electrons. The van der Waals surface area contributed by atoms with Crippen LogP contribution in [0, 0.1) is 6.92 Å². The van der Waals surface area contributed by atoms with E-state index >= 15 is 0 Å². The predicted octanol–water partition coefficient (Wildman–Crippen LogP) is 2.54. The Labute approximate surface area is 95.4 Å². The van der Waals surface area contributed by atoms with Gasteiger partial charge in [-0.3, -0.25) is 0 Å². The number of hydrogen-bond donors (Lipinski definition) is 0. The maximum Gasteiger partial charge on any atom is 0.213 e. The highest BCUT2D eigenvalue weighted by atomic mass is 35.5. The van der Waals surface area contributed by atoms with Gasteiger partial charge in [0.1, 0.15) is 6.61 Å². The van der Waals surface area contributed by atoms with Gasteiger partial charge in [-0.1, -0.05) is 0 Å². The van der Waals surface area contributed by atoms with E-state index in [4.69, 9.17) is 21.1 Å². The SMILES string of the molecule is CCOCCOc1cc(CCl)cc(C)n1. The van der Waals surface area contributed by atoms with Crippen LogP contribution in [0.3, 0.4) is 0 Å². The van der Waals surface area contributed by atoms with Crippen LogP contribution in [0.5, 0.6) is 5.88 Å². The monoisotopic (exact) mass is 229 g/mol. The van der Waals surface area contributed by atoms with Crippen molar-refractivity contribution < 1.29 is 9.47 Å². The summed E-state index contributed by atoms with van der Waals surface area (Å²) < 4.78 is 10.6. The normalized spacial score (nSPS) is 10.3. The second-order valence-corrected chi connectivity index (χ2v) is 3.40. The average molecular weight is 230 g/mol. The van der Waals surface area contributed by atoms with Gasteiger partial charge in [0.05, 0.1) is 6.61 Å². The number of hydrogen-bond acceptors (Lipinski definition) is 3. The highest BCUT2D eigenvalue weighted by Gasteiger charge is 2.00. The fourth-order valence-electron chi connectivity index (χ4n) is 1.21. The van der Waals surface area contributed by atoms with Crippen LogP contribution in [0.4, 0.5) is 0 Å². The van der Waals surface area contributed by atoms with Gasteiger partial charge in [0, 0.05) is 24.2 Å². The number of ether oxygens (including phenoxy) is 2. The summed E-state index contributed by atoms with van der Waals surface area (Å²) >= 11 is 5.75. The van der Waals surface area contributed by atoms with Gasteiger partial charge in [0.25, 0.3) is 0 Å². The highest BCUT2D eigenvalue weighted by Crippen LogP contribution is 2.13. The average Bonchev–Trinajstić information content (AvgIpc) is 2.23. The van der Waals surface area contributed by atoms with Gasteiger partial charge in [0.2, 0.25) is 5.88 Å². The zero-order chi connectivity index (χ0) is 11.1. The van der Waals surface area contributed by atoms with E-state index in [9.17, 15) is 0 Å². The third-order valence-corrected chi connectivity index (χ3v) is 2.13. The van der Waals surface area contributed by atoms with Crippen LogP contribution in [0.25, 0.3) is 0 Å². The molecule has 0 amide bonds. The first-order valence-electron chi connectivity index (χ1n) is 5.00. The lowest BCUT2D eigenvalue weighted by molar-refractivity contribution is 0.108. The van der Waals surface area contributed by atoms with Crippen molar-refractivity contribution in [3.05, 3.63) is 23.4 Å². The fraction of sp³-hybridized carbons (Fsp3) is 0.545. The van der Waals surface area contributed by atoms with Crippen molar-refractivity contribution in [1.82, 2.24) is 4.98 Å². The Morgan fingerprint density at radius 3 is 2.80 bits per heavy atom. The van der Waals surface area contributed by atoms with Crippen molar-refractivity contribution in [3.8, 4) is 5.88 Å². The van der Waals surface area contributed by atoms with Crippen molar-refractivity contribution in [2.24, 2.45) is 0 Å². The number of alkyl halides is 1. The van der Waals surface area contributed by atoms with Crippen LogP contribution in [-0.4, -0.2) is 24.8 Å². The molecule has 1 rings (SSSR count). The second kappa shape index (κ2) is 6.64. The van der Waals surface area contributed by atoms with Crippen molar-refractivity contribution in [2.45, 2.75) is 19.7 Å². The molecule has 15 heavy (non-hydrogen) atoms. The molecule has 0 bridgehead atoms. The van der Waals surface area contributed by atoms with E-state index in [0.717, 1.165) is 11.3 Å². The predicted molar refractivity (Wildman–Crippen MR) is 60.5 cm³/mol. The Balaban J connectivity index is 2.49. The molecular weight excluding hydrogens is 214 g/mol. The molecule has 0 radical (unpaired) electrons. The van der Waals surface area contributed by atoms with Gasteiger partial charge in [-0.2, -0.15) is 0 Å². The van der Waals surface area contributed by atoms with Crippen LogP contribution in [-0.2, 0) is 10.6 Å². The number of nitrogens with zero attached hydrogens (tertiary/aromatic N) is 1. The lowest BCUT2D eigenvalue weighted by Gasteiger charge is -2.07. The topological polar surface area (TPSA) is 31.4 Å². The first-order chi connectivity index (χ1) is 7.26. The van der Waals surface area contributed by atoms with Gasteiger partial charge in [-0.25, -0.2) is 4.98 Å². The molecule has 0 saturated heterocycles. The molecule has 0 aromatic carbocycles. The third kappa shape index (κ3) is 4.49. The zero-order valence-corrected chi connectivity index (χ0v) is 9.88. The first kappa shape index (κ1) is 12.3. The molecule has 0 aliphatic carbocycles. The first-order valence-corrected chi connectivity index (χ1v) is 5.53.